The van der Waals surface area contributed by atoms with Gasteiger partial charge in [-0.2, -0.15) is 0 Å². The van der Waals surface area contributed by atoms with Gasteiger partial charge in [0.1, 0.15) is 5.01 Å². The zero-order valence-electron chi connectivity index (χ0n) is 11.6. The van der Waals surface area contributed by atoms with Gasteiger partial charge in [-0.25, -0.2) is 4.98 Å². The van der Waals surface area contributed by atoms with Crippen molar-refractivity contribution < 1.29 is 0 Å². The van der Waals surface area contributed by atoms with Gasteiger partial charge in [0.05, 0.1) is 11.7 Å². The van der Waals surface area contributed by atoms with Crippen LogP contribution >= 0.6 is 11.3 Å². The quantitative estimate of drug-likeness (QED) is 0.691. The molecule has 17 heavy (non-hydrogen) atoms. The van der Waals surface area contributed by atoms with Crippen molar-refractivity contribution in [2.45, 2.75) is 64.8 Å². The van der Waals surface area contributed by atoms with E-state index in [4.69, 9.17) is 4.98 Å². The van der Waals surface area contributed by atoms with Crippen LogP contribution in [0.2, 0.25) is 0 Å². The van der Waals surface area contributed by atoms with Crippen LogP contribution in [0.4, 0.5) is 0 Å². The highest BCUT2D eigenvalue weighted by Crippen LogP contribution is 2.26. The average Bonchev–Trinajstić information content (AvgIpc) is 2.79. The molecule has 1 N–H and O–H groups in total. The highest BCUT2D eigenvalue weighted by atomic mass is 32.1. The van der Waals surface area contributed by atoms with Crippen LogP contribution in [0.25, 0.3) is 0 Å². The molecule has 0 aliphatic carbocycles. The van der Waals surface area contributed by atoms with E-state index in [9.17, 15) is 0 Å². The van der Waals surface area contributed by atoms with E-state index in [2.05, 4.69) is 31.5 Å². The fourth-order valence-electron chi connectivity index (χ4n) is 1.89. The molecule has 1 aromatic heterocycles. The monoisotopic (exact) mass is 254 g/mol. The lowest BCUT2D eigenvalue weighted by Gasteiger charge is -2.13. The Hall–Kier alpha value is -0.410. The van der Waals surface area contributed by atoms with Gasteiger partial charge < -0.3 is 5.32 Å². The standard InChI is InChI=1S/C14H26N2S/c1-5-6-7-8-9-12(15-4)14-16-13(10-17-14)11(2)3/h10-12,15H,5-9H2,1-4H3. The van der Waals surface area contributed by atoms with Crippen molar-refractivity contribution in [2.24, 2.45) is 0 Å². The normalized spacial score (nSPS) is 13.2. The summed E-state index contributed by atoms with van der Waals surface area (Å²) in [5.74, 6) is 0.539. The molecule has 1 atom stereocenters. The highest BCUT2D eigenvalue weighted by Gasteiger charge is 2.14. The molecule has 0 amide bonds. The minimum Gasteiger partial charge on any atom is -0.311 e. The Kier molecular flexibility index (Phi) is 6.75. The van der Waals surface area contributed by atoms with Gasteiger partial charge in [0.2, 0.25) is 0 Å². The van der Waals surface area contributed by atoms with Gasteiger partial charge >= 0.3 is 0 Å². The number of nitrogens with zero attached hydrogens (tertiary/aromatic N) is 1. The van der Waals surface area contributed by atoms with Crippen molar-refractivity contribution >= 4 is 11.3 Å². The number of hydrogen-bond acceptors (Lipinski definition) is 3. The van der Waals surface area contributed by atoms with E-state index in [0.29, 0.717) is 12.0 Å². The second kappa shape index (κ2) is 7.83. The van der Waals surface area contributed by atoms with Crippen molar-refractivity contribution in [3.05, 3.63) is 16.1 Å². The number of thiazole rings is 1. The lowest BCUT2D eigenvalue weighted by atomic mass is 10.1. The fourth-order valence-corrected chi connectivity index (χ4v) is 3.02. The molecule has 2 nitrogen and oxygen atoms in total. The molecule has 0 aromatic carbocycles. The average molecular weight is 254 g/mol. The SMILES string of the molecule is CCCCCCC(NC)c1nc(C(C)C)cs1. The summed E-state index contributed by atoms with van der Waals surface area (Å²) in [5.41, 5.74) is 1.24. The number of nitrogens with one attached hydrogen (secondary N) is 1. The molecule has 1 heterocycles. The van der Waals surface area contributed by atoms with Crippen LogP contribution in [-0.4, -0.2) is 12.0 Å². The van der Waals surface area contributed by atoms with Crippen molar-refractivity contribution in [1.29, 1.82) is 0 Å². The molecule has 1 rings (SSSR count). The van der Waals surface area contributed by atoms with E-state index in [-0.39, 0.29) is 0 Å². The molecular weight excluding hydrogens is 228 g/mol. The predicted octanol–water partition coefficient (Wildman–Crippen LogP) is 4.50. The zero-order valence-corrected chi connectivity index (χ0v) is 12.4. The predicted molar refractivity (Wildman–Crippen MR) is 76.8 cm³/mol. The van der Waals surface area contributed by atoms with Gasteiger partial charge in [-0.1, -0.05) is 46.5 Å². The van der Waals surface area contributed by atoms with Crippen LogP contribution in [-0.2, 0) is 0 Å². The van der Waals surface area contributed by atoms with Crippen LogP contribution in [0.3, 0.4) is 0 Å². The second-order valence-corrected chi connectivity index (χ2v) is 5.85. The van der Waals surface area contributed by atoms with E-state index in [0.717, 1.165) is 0 Å². The van der Waals surface area contributed by atoms with Gasteiger partial charge in [0.25, 0.3) is 0 Å². The number of aromatic nitrogens is 1. The maximum Gasteiger partial charge on any atom is 0.110 e. The second-order valence-electron chi connectivity index (χ2n) is 4.96. The minimum absolute atomic E-state index is 0.448. The first-order valence-corrected chi connectivity index (χ1v) is 7.69. The smallest absolute Gasteiger partial charge is 0.110 e. The third kappa shape index (κ3) is 4.76. The molecule has 0 saturated heterocycles. The summed E-state index contributed by atoms with van der Waals surface area (Å²) in [4.78, 5) is 4.74. The summed E-state index contributed by atoms with van der Waals surface area (Å²) >= 11 is 1.80. The van der Waals surface area contributed by atoms with E-state index in [1.165, 1.54) is 42.8 Å². The first-order valence-electron chi connectivity index (χ1n) is 6.81. The molecule has 1 aromatic rings. The molecule has 0 fully saturated rings. The molecule has 0 saturated carbocycles. The Labute approximate surface area is 110 Å². The molecule has 0 spiro atoms. The van der Waals surface area contributed by atoms with E-state index in [1.807, 2.05) is 7.05 Å². The molecule has 1 unspecified atom stereocenters. The molecule has 98 valence electrons. The van der Waals surface area contributed by atoms with Crippen molar-refractivity contribution in [1.82, 2.24) is 10.3 Å². The van der Waals surface area contributed by atoms with Crippen LogP contribution in [0.5, 0.6) is 0 Å². The first kappa shape index (κ1) is 14.7. The Morgan fingerprint density at radius 3 is 2.59 bits per heavy atom. The summed E-state index contributed by atoms with van der Waals surface area (Å²) in [7, 11) is 2.04. The lowest BCUT2D eigenvalue weighted by Crippen LogP contribution is -2.16. The van der Waals surface area contributed by atoms with Crippen LogP contribution in [0.1, 0.15) is 75.5 Å². The summed E-state index contributed by atoms with van der Waals surface area (Å²) in [5, 5.41) is 6.86. The maximum atomic E-state index is 4.74. The van der Waals surface area contributed by atoms with E-state index < -0.39 is 0 Å². The van der Waals surface area contributed by atoms with Gasteiger partial charge in [-0.15, -0.1) is 11.3 Å². The summed E-state index contributed by atoms with van der Waals surface area (Å²) in [6.45, 7) is 6.66. The lowest BCUT2D eigenvalue weighted by molar-refractivity contribution is 0.502. The molecular formula is C14H26N2S. The Morgan fingerprint density at radius 1 is 1.29 bits per heavy atom. The third-order valence-corrected chi connectivity index (χ3v) is 4.10. The van der Waals surface area contributed by atoms with Gasteiger partial charge in [-0.05, 0) is 19.4 Å². The number of rotatable bonds is 8. The van der Waals surface area contributed by atoms with Crippen molar-refractivity contribution in [2.75, 3.05) is 7.05 Å². The van der Waals surface area contributed by atoms with Gasteiger partial charge in [-0.3, -0.25) is 0 Å². The van der Waals surface area contributed by atoms with Crippen LogP contribution in [0.15, 0.2) is 5.38 Å². The van der Waals surface area contributed by atoms with Crippen molar-refractivity contribution in [3.63, 3.8) is 0 Å². The Bertz CT molecular complexity index is 307. The topological polar surface area (TPSA) is 24.9 Å². The molecule has 0 bridgehead atoms. The fraction of sp³-hybridized carbons (Fsp3) is 0.786. The first-order chi connectivity index (χ1) is 8.19. The number of hydrogen-bond donors (Lipinski definition) is 1. The van der Waals surface area contributed by atoms with E-state index >= 15 is 0 Å². The maximum absolute atomic E-state index is 4.74. The van der Waals surface area contributed by atoms with Crippen LogP contribution in [0, 0.1) is 0 Å². The zero-order chi connectivity index (χ0) is 12.7. The van der Waals surface area contributed by atoms with Crippen molar-refractivity contribution in [3.8, 4) is 0 Å². The Morgan fingerprint density at radius 2 is 2.06 bits per heavy atom. The van der Waals surface area contributed by atoms with E-state index in [1.54, 1.807) is 11.3 Å². The largest absolute Gasteiger partial charge is 0.311 e. The van der Waals surface area contributed by atoms with Gasteiger partial charge in [0.15, 0.2) is 0 Å². The summed E-state index contributed by atoms with van der Waals surface area (Å²) < 4.78 is 0. The third-order valence-electron chi connectivity index (χ3n) is 3.12. The molecule has 3 heteroatoms. The highest BCUT2D eigenvalue weighted by molar-refractivity contribution is 7.09. The molecule has 0 aliphatic heterocycles. The summed E-state index contributed by atoms with van der Waals surface area (Å²) in [6.07, 6.45) is 6.51. The van der Waals surface area contributed by atoms with Crippen LogP contribution < -0.4 is 5.32 Å². The Balaban J connectivity index is 2.48. The number of unbranched alkanes of at least 4 members (excludes halogenated alkanes) is 3. The minimum atomic E-state index is 0.448. The molecule has 0 radical (unpaired) electrons. The van der Waals surface area contributed by atoms with Gasteiger partial charge in [0, 0.05) is 5.38 Å². The summed E-state index contributed by atoms with van der Waals surface area (Å²) in [6, 6.07) is 0.448. The molecule has 0 aliphatic rings.